The van der Waals surface area contributed by atoms with Gasteiger partial charge in [0.1, 0.15) is 0 Å². The topological polar surface area (TPSA) is 75.6 Å². The standard InChI is InChI=1S/C20H27NO4/c1-19(2)9-10-20(18(23)24,16-6-4-3-5-15(16)19)21-17(22)13-14-7-11-25-12-8-14/h3-6,14H,7-13H2,1-2H3,(H,21,22)(H,23,24). The van der Waals surface area contributed by atoms with Crippen LogP contribution in [-0.2, 0) is 25.3 Å². The highest BCUT2D eigenvalue weighted by Gasteiger charge is 2.49. The molecule has 1 amide bonds. The first-order valence-electron chi connectivity index (χ1n) is 9.07. The predicted octanol–water partition coefficient (Wildman–Crippen LogP) is 2.97. The van der Waals surface area contributed by atoms with Crippen LogP contribution in [0.25, 0.3) is 0 Å². The van der Waals surface area contributed by atoms with Gasteiger partial charge in [-0.05, 0) is 48.1 Å². The van der Waals surface area contributed by atoms with Crippen molar-refractivity contribution in [3.63, 3.8) is 0 Å². The average molecular weight is 345 g/mol. The molecule has 136 valence electrons. The van der Waals surface area contributed by atoms with Gasteiger partial charge in [-0.15, -0.1) is 0 Å². The first-order valence-corrected chi connectivity index (χ1v) is 9.07. The van der Waals surface area contributed by atoms with Crippen LogP contribution in [0.1, 0.15) is 57.1 Å². The SMILES string of the molecule is CC1(C)CCC(NC(=O)CC2CCOCC2)(C(=O)O)c2ccccc21. The predicted molar refractivity (Wildman–Crippen MR) is 94.3 cm³/mol. The van der Waals surface area contributed by atoms with Crippen molar-refractivity contribution < 1.29 is 19.4 Å². The lowest BCUT2D eigenvalue weighted by atomic mass is 9.65. The van der Waals surface area contributed by atoms with Gasteiger partial charge in [-0.25, -0.2) is 4.79 Å². The van der Waals surface area contributed by atoms with Crippen LogP contribution in [0.3, 0.4) is 0 Å². The number of amides is 1. The van der Waals surface area contributed by atoms with Crippen LogP contribution in [0.4, 0.5) is 0 Å². The van der Waals surface area contributed by atoms with Crippen molar-refractivity contribution in [3.8, 4) is 0 Å². The van der Waals surface area contributed by atoms with Crippen molar-refractivity contribution in [2.45, 2.75) is 56.9 Å². The zero-order valence-electron chi connectivity index (χ0n) is 15.0. The van der Waals surface area contributed by atoms with Crippen molar-refractivity contribution in [1.82, 2.24) is 5.32 Å². The minimum absolute atomic E-state index is 0.0963. The number of nitrogens with one attached hydrogen (secondary N) is 1. The monoisotopic (exact) mass is 345 g/mol. The number of fused-ring (bicyclic) bond motifs is 1. The van der Waals surface area contributed by atoms with Crippen LogP contribution in [0.2, 0.25) is 0 Å². The van der Waals surface area contributed by atoms with Gasteiger partial charge in [0.05, 0.1) is 0 Å². The Labute approximate surface area is 148 Å². The Balaban J connectivity index is 1.87. The van der Waals surface area contributed by atoms with Crippen LogP contribution in [0, 0.1) is 5.92 Å². The molecule has 1 unspecified atom stereocenters. The first kappa shape index (κ1) is 17.9. The summed E-state index contributed by atoms with van der Waals surface area (Å²) < 4.78 is 5.33. The Hall–Kier alpha value is -1.88. The fraction of sp³-hybridized carbons (Fsp3) is 0.600. The van der Waals surface area contributed by atoms with Crippen LogP contribution in [0.15, 0.2) is 24.3 Å². The number of benzene rings is 1. The quantitative estimate of drug-likeness (QED) is 0.880. The van der Waals surface area contributed by atoms with E-state index < -0.39 is 11.5 Å². The molecule has 1 fully saturated rings. The van der Waals surface area contributed by atoms with E-state index in [1.54, 1.807) is 0 Å². The summed E-state index contributed by atoms with van der Waals surface area (Å²) in [6, 6.07) is 7.61. The van der Waals surface area contributed by atoms with Gasteiger partial charge >= 0.3 is 5.97 Å². The molecule has 3 rings (SSSR count). The molecule has 1 aliphatic carbocycles. The van der Waals surface area contributed by atoms with E-state index in [4.69, 9.17) is 4.74 Å². The Morgan fingerprint density at radius 3 is 2.44 bits per heavy atom. The molecule has 2 aliphatic rings. The van der Waals surface area contributed by atoms with Gasteiger partial charge < -0.3 is 15.2 Å². The minimum atomic E-state index is -1.33. The summed E-state index contributed by atoms with van der Waals surface area (Å²) in [5, 5.41) is 12.9. The molecule has 1 heterocycles. The molecule has 0 spiro atoms. The normalized spacial score (nSPS) is 25.8. The molecular weight excluding hydrogens is 318 g/mol. The van der Waals surface area contributed by atoms with E-state index in [2.05, 4.69) is 19.2 Å². The zero-order valence-corrected chi connectivity index (χ0v) is 15.0. The average Bonchev–Trinajstić information content (AvgIpc) is 2.58. The van der Waals surface area contributed by atoms with Crippen LogP contribution in [-0.4, -0.2) is 30.2 Å². The number of hydrogen-bond donors (Lipinski definition) is 2. The molecule has 0 saturated carbocycles. The highest BCUT2D eigenvalue weighted by Crippen LogP contribution is 2.45. The van der Waals surface area contributed by atoms with E-state index in [0.29, 0.717) is 32.5 Å². The number of ether oxygens (including phenoxy) is 1. The maximum Gasteiger partial charge on any atom is 0.334 e. The molecule has 2 N–H and O–H groups in total. The van der Waals surface area contributed by atoms with Gasteiger partial charge in [-0.2, -0.15) is 0 Å². The number of carbonyl (C=O) groups excluding carboxylic acids is 1. The molecule has 1 saturated heterocycles. The third kappa shape index (κ3) is 3.43. The molecule has 1 atom stereocenters. The molecule has 0 bridgehead atoms. The van der Waals surface area contributed by atoms with Crippen molar-refractivity contribution in [2.75, 3.05) is 13.2 Å². The van der Waals surface area contributed by atoms with Gasteiger partial charge in [0, 0.05) is 19.6 Å². The largest absolute Gasteiger partial charge is 0.479 e. The summed E-state index contributed by atoms with van der Waals surface area (Å²) in [5.74, 6) is -0.880. The molecule has 0 radical (unpaired) electrons. The van der Waals surface area contributed by atoms with E-state index >= 15 is 0 Å². The highest BCUT2D eigenvalue weighted by molar-refractivity contribution is 5.89. The van der Waals surface area contributed by atoms with Crippen LogP contribution < -0.4 is 5.32 Å². The number of aliphatic carboxylic acids is 1. The summed E-state index contributed by atoms with van der Waals surface area (Å²) in [6.45, 7) is 5.61. The third-order valence-corrected chi connectivity index (χ3v) is 5.77. The van der Waals surface area contributed by atoms with E-state index in [1.807, 2.05) is 24.3 Å². The lowest BCUT2D eigenvalue weighted by Crippen LogP contribution is -2.55. The molecule has 25 heavy (non-hydrogen) atoms. The highest BCUT2D eigenvalue weighted by atomic mass is 16.5. The lowest BCUT2D eigenvalue weighted by molar-refractivity contribution is -0.149. The fourth-order valence-corrected chi connectivity index (χ4v) is 4.12. The maximum atomic E-state index is 12.6. The minimum Gasteiger partial charge on any atom is -0.479 e. The van der Waals surface area contributed by atoms with Gasteiger partial charge in [0.15, 0.2) is 5.54 Å². The Morgan fingerprint density at radius 2 is 1.80 bits per heavy atom. The van der Waals surface area contributed by atoms with Crippen molar-refractivity contribution in [3.05, 3.63) is 35.4 Å². The van der Waals surface area contributed by atoms with E-state index in [9.17, 15) is 14.7 Å². The van der Waals surface area contributed by atoms with Gasteiger partial charge in [-0.3, -0.25) is 4.79 Å². The van der Waals surface area contributed by atoms with Gasteiger partial charge in [0.2, 0.25) is 5.91 Å². The molecule has 1 aromatic carbocycles. The number of carbonyl (C=O) groups is 2. The number of hydrogen-bond acceptors (Lipinski definition) is 3. The summed E-state index contributed by atoms with van der Waals surface area (Å²) in [6.07, 6.45) is 3.21. The Bertz CT molecular complexity index is 663. The molecule has 1 aromatic rings. The summed E-state index contributed by atoms with van der Waals surface area (Å²) in [4.78, 5) is 24.9. The van der Waals surface area contributed by atoms with Crippen molar-refractivity contribution in [1.29, 1.82) is 0 Å². The molecule has 1 aliphatic heterocycles. The zero-order chi connectivity index (χ0) is 18.1. The summed E-state index contributed by atoms with van der Waals surface area (Å²) in [7, 11) is 0. The number of carboxylic acid groups (broad SMARTS) is 1. The van der Waals surface area contributed by atoms with E-state index in [1.165, 1.54) is 0 Å². The van der Waals surface area contributed by atoms with E-state index in [0.717, 1.165) is 24.0 Å². The van der Waals surface area contributed by atoms with Gasteiger partial charge in [0.25, 0.3) is 0 Å². The van der Waals surface area contributed by atoms with Crippen molar-refractivity contribution >= 4 is 11.9 Å². The van der Waals surface area contributed by atoms with Gasteiger partial charge in [-0.1, -0.05) is 38.1 Å². The molecule has 0 aromatic heterocycles. The third-order valence-electron chi connectivity index (χ3n) is 5.77. The second-order valence-electron chi connectivity index (χ2n) is 7.95. The summed E-state index contributed by atoms with van der Waals surface area (Å²) >= 11 is 0. The van der Waals surface area contributed by atoms with Crippen LogP contribution >= 0.6 is 0 Å². The number of carboxylic acids is 1. The van der Waals surface area contributed by atoms with E-state index in [-0.39, 0.29) is 17.2 Å². The Morgan fingerprint density at radius 1 is 1.16 bits per heavy atom. The smallest absolute Gasteiger partial charge is 0.334 e. The molecular formula is C20H27NO4. The fourth-order valence-electron chi connectivity index (χ4n) is 4.12. The maximum absolute atomic E-state index is 12.6. The first-order chi connectivity index (χ1) is 11.8. The second kappa shape index (κ2) is 6.79. The lowest BCUT2D eigenvalue weighted by Gasteiger charge is -2.43. The van der Waals surface area contributed by atoms with Crippen LogP contribution in [0.5, 0.6) is 0 Å². The van der Waals surface area contributed by atoms with Crippen molar-refractivity contribution in [2.24, 2.45) is 5.92 Å². The number of rotatable bonds is 4. The Kier molecular flexibility index (Phi) is 4.87. The molecule has 5 nitrogen and oxygen atoms in total. The molecule has 5 heteroatoms. The summed E-state index contributed by atoms with van der Waals surface area (Å²) in [5.41, 5.74) is 0.309. The second-order valence-corrected chi connectivity index (χ2v) is 7.95.